The molecule has 148 valence electrons. The van der Waals surface area contributed by atoms with E-state index in [1.165, 1.54) is 0 Å². The Bertz CT molecular complexity index is 531. The van der Waals surface area contributed by atoms with Gasteiger partial charge in [-0.1, -0.05) is 0 Å². The third-order valence-electron chi connectivity index (χ3n) is 4.44. The monoisotopic (exact) mass is 369 g/mol. The molecule has 1 heterocycles. The maximum atomic E-state index is 12.8. The Morgan fingerprint density at radius 3 is 1.96 bits per heavy atom. The zero-order chi connectivity index (χ0) is 19.7. The van der Waals surface area contributed by atoms with E-state index in [1.807, 2.05) is 0 Å². The zero-order valence-electron chi connectivity index (χ0n) is 16.0. The molecule has 3 unspecified atom stereocenters. The Morgan fingerprint density at radius 1 is 0.962 bits per heavy atom. The van der Waals surface area contributed by atoms with Gasteiger partial charge in [0.25, 0.3) is 0 Å². The lowest BCUT2D eigenvalue weighted by Crippen LogP contribution is -2.53. The highest BCUT2D eigenvalue weighted by Crippen LogP contribution is 2.30. The summed E-state index contributed by atoms with van der Waals surface area (Å²) in [6.07, 6.45) is 0.446. The molecule has 0 saturated carbocycles. The second-order valence-electron chi connectivity index (χ2n) is 6.66. The van der Waals surface area contributed by atoms with Crippen molar-refractivity contribution in [3.05, 3.63) is 0 Å². The van der Waals surface area contributed by atoms with Crippen LogP contribution in [-0.2, 0) is 19.2 Å². The number of likely N-dealkylation sites (N-methyl/N-ethyl adjacent to an activating group) is 2. The van der Waals surface area contributed by atoms with Crippen LogP contribution in [0.1, 0.15) is 40.5 Å². The van der Waals surface area contributed by atoms with Crippen molar-refractivity contribution in [2.75, 3.05) is 26.2 Å². The molecule has 0 spiro atoms. The first-order valence-electron chi connectivity index (χ1n) is 9.12. The summed E-state index contributed by atoms with van der Waals surface area (Å²) in [4.78, 5) is 48.7. The van der Waals surface area contributed by atoms with Crippen LogP contribution in [0.5, 0.6) is 0 Å². The number of amides is 4. The Hall–Kier alpha value is -2.16. The molecule has 0 radical (unpaired) electrons. The summed E-state index contributed by atoms with van der Waals surface area (Å²) >= 11 is 0. The lowest BCUT2D eigenvalue weighted by Gasteiger charge is -2.28. The molecule has 3 atom stereocenters. The average molecular weight is 369 g/mol. The van der Waals surface area contributed by atoms with Gasteiger partial charge in [-0.25, -0.2) is 0 Å². The molecule has 5 N–H and O–H groups in total. The number of hydrogen-bond donors (Lipinski definition) is 5. The van der Waals surface area contributed by atoms with Crippen LogP contribution in [0.2, 0.25) is 0 Å². The van der Waals surface area contributed by atoms with E-state index in [1.54, 1.807) is 27.7 Å². The van der Waals surface area contributed by atoms with E-state index in [9.17, 15) is 19.2 Å². The fourth-order valence-electron chi connectivity index (χ4n) is 2.90. The number of nitrogens with one attached hydrogen (secondary N) is 5. The van der Waals surface area contributed by atoms with Gasteiger partial charge in [0.2, 0.25) is 23.6 Å². The lowest BCUT2D eigenvalue weighted by molar-refractivity contribution is -0.138. The molecule has 9 heteroatoms. The van der Waals surface area contributed by atoms with Crippen molar-refractivity contribution < 1.29 is 19.2 Å². The van der Waals surface area contributed by atoms with Crippen LogP contribution < -0.4 is 26.6 Å². The fourth-order valence-corrected chi connectivity index (χ4v) is 2.90. The normalized spacial score (nSPS) is 21.4. The summed E-state index contributed by atoms with van der Waals surface area (Å²) in [5.74, 6) is -1.24. The van der Waals surface area contributed by atoms with E-state index in [-0.39, 0.29) is 30.0 Å². The predicted molar refractivity (Wildman–Crippen MR) is 97.1 cm³/mol. The van der Waals surface area contributed by atoms with Crippen molar-refractivity contribution in [1.29, 1.82) is 0 Å². The summed E-state index contributed by atoms with van der Waals surface area (Å²) in [6, 6.07) is -1.36. The van der Waals surface area contributed by atoms with Crippen LogP contribution in [-0.4, -0.2) is 61.9 Å². The second-order valence-corrected chi connectivity index (χ2v) is 6.66. The van der Waals surface area contributed by atoms with E-state index in [0.29, 0.717) is 32.6 Å². The number of carbonyl (C=O) groups excluding carboxylic acids is 4. The zero-order valence-corrected chi connectivity index (χ0v) is 16.0. The maximum absolute atomic E-state index is 12.8. The third kappa shape index (κ3) is 5.98. The first-order valence-corrected chi connectivity index (χ1v) is 9.12. The van der Waals surface area contributed by atoms with E-state index in [2.05, 4.69) is 26.6 Å². The summed E-state index contributed by atoms with van der Waals surface area (Å²) in [6.45, 7) is 8.72. The highest BCUT2D eigenvalue weighted by atomic mass is 16.2. The molecule has 9 nitrogen and oxygen atoms in total. The summed E-state index contributed by atoms with van der Waals surface area (Å²) < 4.78 is 0. The summed E-state index contributed by atoms with van der Waals surface area (Å²) in [7, 11) is 0. The molecule has 0 aromatic rings. The Balaban J connectivity index is 2.71. The average Bonchev–Trinajstić information content (AvgIpc) is 3.04. The largest absolute Gasteiger partial charge is 0.355 e. The molecular formula is C17H31N5O4. The molecule has 0 aliphatic carbocycles. The smallest absolute Gasteiger partial charge is 0.242 e. The molecule has 4 amide bonds. The molecule has 0 aromatic heterocycles. The standard InChI is InChI=1S/C17H31N5O4/c1-5-19-14(24)11(3)21-13(23)9-17(7-8-18-10-17)16(26)22-12(4)15(25)20-6-2/h11-12,18H,5-10H2,1-4H3,(H,19,24)(H,20,25)(H,21,23)(H,22,26). The van der Waals surface area contributed by atoms with Gasteiger partial charge in [0.05, 0.1) is 5.41 Å². The van der Waals surface area contributed by atoms with Crippen LogP contribution in [0.4, 0.5) is 0 Å². The van der Waals surface area contributed by atoms with Crippen molar-refractivity contribution in [2.24, 2.45) is 5.41 Å². The predicted octanol–water partition coefficient (Wildman–Crippen LogP) is -1.36. The second kappa shape index (κ2) is 10.1. The van der Waals surface area contributed by atoms with Gasteiger partial charge < -0.3 is 26.6 Å². The van der Waals surface area contributed by atoms with Gasteiger partial charge in [-0.2, -0.15) is 0 Å². The fraction of sp³-hybridized carbons (Fsp3) is 0.765. The van der Waals surface area contributed by atoms with Crippen molar-refractivity contribution >= 4 is 23.6 Å². The van der Waals surface area contributed by atoms with Crippen molar-refractivity contribution in [3.8, 4) is 0 Å². The molecule has 1 fully saturated rings. The van der Waals surface area contributed by atoms with E-state index in [4.69, 9.17) is 0 Å². The van der Waals surface area contributed by atoms with E-state index >= 15 is 0 Å². The highest BCUT2D eigenvalue weighted by Gasteiger charge is 2.44. The van der Waals surface area contributed by atoms with Crippen molar-refractivity contribution in [2.45, 2.75) is 52.6 Å². The maximum Gasteiger partial charge on any atom is 0.242 e. The van der Waals surface area contributed by atoms with Crippen LogP contribution in [0.3, 0.4) is 0 Å². The third-order valence-corrected chi connectivity index (χ3v) is 4.44. The van der Waals surface area contributed by atoms with Gasteiger partial charge in [0.15, 0.2) is 0 Å². The van der Waals surface area contributed by atoms with Crippen LogP contribution in [0.25, 0.3) is 0 Å². The molecule has 1 aliphatic rings. The van der Waals surface area contributed by atoms with Crippen LogP contribution in [0.15, 0.2) is 0 Å². The Kier molecular flexibility index (Phi) is 8.50. The number of carbonyl (C=O) groups is 4. The minimum Gasteiger partial charge on any atom is -0.355 e. The van der Waals surface area contributed by atoms with Gasteiger partial charge in [-0.15, -0.1) is 0 Å². The Morgan fingerprint density at radius 2 is 1.50 bits per heavy atom. The van der Waals surface area contributed by atoms with E-state index < -0.39 is 17.5 Å². The Labute approximate surface area is 154 Å². The molecule has 1 saturated heterocycles. The molecule has 1 aliphatic heterocycles. The molecule has 26 heavy (non-hydrogen) atoms. The van der Waals surface area contributed by atoms with Gasteiger partial charge in [-0.3, -0.25) is 19.2 Å². The van der Waals surface area contributed by atoms with E-state index in [0.717, 1.165) is 0 Å². The minimum absolute atomic E-state index is 0.0440. The lowest BCUT2D eigenvalue weighted by atomic mass is 9.81. The minimum atomic E-state index is -0.925. The summed E-state index contributed by atoms with van der Waals surface area (Å²) in [5.41, 5.74) is -0.925. The van der Waals surface area contributed by atoms with Gasteiger partial charge in [-0.05, 0) is 40.7 Å². The molecule has 1 rings (SSSR count). The van der Waals surface area contributed by atoms with Gasteiger partial charge in [0.1, 0.15) is 12.1 Å². The van der Waals surface area contributed by atoms with Gasteiger partial charge >= 0.3 is 0 Å². The van der Waals surface area contributed by atoms with Crippen molar-refractivity contribution in [3.63, 3.8) is 0 Å². The van der Waals surface area contributed by atoms with Gasteiger partial charge in [0, 0.05) is 26.1 Å². The van der Waals surface area contributed by atoms with Crippen LogP contribution >= 0.6 is 0 Å². The number of hydrogen-bond acceptors (Lipinski definition) is 5. The summed E-state index contributed by atoms with van der Waals surface area (Å²) in [5, 5.41) is 13.7. The van der Waals surface area contributed by atoms with Crippen LogP contribution in [0, 0.1) is 5.41 Å². The van der Waals surface area contributed by atoms with Crippen molar-refractivity contribution in [1.82, 2.24) is 26.6 Å². The first kappa shape index (κ1) is 21.9. The SMILES string of the molecule is CCNC(=O)C(C)NC(=O)CC1(C(=O)NC(C)C(=O)NCC)CCNC1. The first-order chi connectivity index (χ1) is 12.3. The number of rotatable bonds is 9. The molecule has 0 aromatic carbocycles. The topological polar surface area (TPSA) is 128 Å². The molecule has 0 bridgehead atoms. The quantitative estimate of drug-likeness (QED) is 0.343. The molecular weight excluding hydrogens is 338 g/mol. The highest BCUT2D eigenvalue weighted by molar-refractivity contribution is 5.94.